The van der Waals surface area contributed by atoms with Gasteiger partial charge in [-0.2, -0.15) is 0 Å². The number of hydrogen-bond acceptors (Lipinski definition) is 4. The van der Waals surface area contributed by atoms with Gasteiger partial charge in [0, 0.05) is 17.3 Å². The number of imidazole rings is 1. The summed E-state index contributed by atoms with van der Waals surface area (Å²) in [6, 6.07) is 17.8. The third kappa shape index (κ3) is 2.54. The van der Waals surface area contributed by atoms with Gasteiger partial charge >= 0.3 is 0 Å². The van der Waals surface area contributed by atoms with Gasteiger partial charge < -0.3 is 15.2 Å². The van der Waals surface area contributed by atoms with Crippen molar-refractivity contribution in [1.29, 1.82) is 0 Å². The molecule has 5 aromatic rings. The van der Waals surface area contributed by atoms with Crippen LogP contribution in [0.25, 0.3) is 39.3 Å². The van der Waals surface area contributed by atoms with Crippen LogP contribution in [0.15, 0.2) is 67.0 Å². The zero-order valence-corrected chi connectivity index (χ0v) is 17.9. The van der Waals surface area contributed by atoms with E-state index in [0.717, 1.165) is 50.5 Å². The first-order valence-electron chi connectivity index (χ1n) is 10.9. The average Bonchev–Trinajstić information content (AvgIpc) is 3.26. The Balaban J connectivity index is 1.57. The third-order valence-electron chi connectivity index (χ3n) is 7.25. The van der Waals surface area contributed by atoms with Gasteiger partial charge in [-0.05, 0) is 29.0 Å². The molecule has 0 spiro atoms. The highest BCUT2D eigenvalue weighted by Crippen LogP contribution is 2.57. The molecule has 0 aliphatic heterocycles. The molecule has 6 rings (SSSR count). The highest BCUT2D eigenvalue weighted by molar-refractivity contribution is 5.88. The molecule has 2 unspecified atom stereocenters. The van der Waals surface area contributed by atoms with Crippen LogP contribution in [-0.4, -0.2) is 29.6 Å². The molecule has 32 heavy (non-hydrogen) atoms. The number of rotatable bonds is 4. The van der Waals surface area contributed by atoms with E-state index in [2.05, 4.69) is 28.2 Å². The average molecular weight is 425 g/mol. The lowest BCUT2D eigenvalue weighted by Gasteiger charge is -2.11. The SMILES string of the molecule is CC1C(C)C1(O)c1ccc(-c2nc(-c3ccccc3CO)n3c2cnc2[nH]ccc23)cc1. The summed E-state index contributed by atoms with van der Waals surface area (Å²) >= 11 is 0. The van der Waals surface area contributed by atoms with Crippen LogP contribution >= 0.6 is 0 Å². The first-order chi connectivity index (χ1) is 15.5. The first-order valence-corrected chi connectivity index (χ1v) is 10.9. The summed E-state index contributed by atoms with van der Waals surface area (Å²) < 4.78 is 2.09. The van der Waals surface area contributed by atoms with Crippen LogP contribution in [0.4, 0.5) is 0 Å². The second-order valence-electron chi connectivity index (χ2n) is 8.77. The standard InChI is InChI=1S/C26H24N4O2/c1-15-16(2)26(15,32)19-9-7-17(8-10-19)23-22-13-28-24-21(11-12-27-24)30(22)25(29-23)20-6-4-3-5-18(20)14-31/h3-13,15-16,27,31-32H,14H2,1-2H3. The fourth-order valence-electron chi connectivity index (χ4n) is 5.00. The molecule has 6 heteroatoms. The van der Waals surface area contributed by atoms with Crippen molar-refractivity contribution >= 4 is 16.7 Å². The van der Waals surface area contributed by atoms with Crippen LogP contribution in [0.1, 0.15) is 25.0 Å². The van der Waals surface area contributed by atoms with E-state index in [-0.39, 0.29) is 18.4 Å². The van der Waals surface area contributed by atoms with Crippen molar-refractivity contribution in [3.63, 3.8) is 0 Å². The van der Waals surface area contributed by atoms with Crippen molar-refractivity contribution in [2.75, 3.05) is 0 Å². The number of nitrogens with zero attached hydrogens (tertiary/aromatic N) is 3. The number of aliphatic hydroxyl groups is 2. The van der Waals surface area contributed by atoms with E-state index >= 15 is 0 Å². The van der Waals surface area contributed by atoms with E-state index in [1.54, 1.807) is 0 Å². The number of aromatic nitrogens is 4. The van der Waals surface area contributed by atoms with Gasteiger partial charge in [-0.15, -0.1) is 0 Å². The predicted octanol–water partition coefficient (Wildman–Crippen LogP) is 4.51. The van der Waals surface area contributed by atoms with E-state index < -0.39 is 5.60 Å². The van der Waals surface area contributed by atoms with Crippen molar-refractivity contribution in [3.8, 4) is 22.6 Å². The van der Waals surface area contributed by atoms with Crippen LogP contribution in [0.3, 0.4) is 0 Å². The minimum Gasteiger partial charge on any atom is -0.392 e. The van der Waals surface area contributed by atoms with Gasteiger partial charge in [0.15, 0.2) is 5.65 Å². The molecule has 1 aliphatic rings. The molecule has 1 fully saturated rings. The Labute approximate surface area is 185 Å². The molecule has 1 saturated carbocycles. The molecule has 160 valence electrons. The molecule has 0 saturated heterocycles. The Bertz CT molecular complexity index is 1460. The molecule has 3 heterocycles. The second-order valence-corrected chi connectivity index (χ2v) is 8.77. The predicted molar refractivity (Wildman–Crippen MR) is 124 cm³/mol. The quantitative estimate of drug-likeness (QED) is 0.396. The van der Waals surface area contributed by atoms with Gasteiger partial charge in [-0.25, -0.2) is 9.97 Å². The van der Waals surface area contributed by atoms with E-state index in [9.17, 15) is 10.2 Å². The summed E-state index contributed by atoms with van der Waals surface area (Å²) in [4.78, 5) is 12.8. The number of nitrogens with one attached hydrogen (secondary N) is 1. The Hall–Kier alpha value is -3.48. The zero-order valence-electron chi connectivity index (χ0n) is 17.9. The summed E-state index contributed by atoms with van der Waals surface area (Å²) in [5.74, 6) is 1.28. The van der Waals surface area contributed by atoms with Gasteiger partial charge in [-0.1, -0.05) is 62.4 Å². The zero-order chi connectivity index (χ0) is 22.0. The fraction of sp³-hybridized carbons (Fsp3) is 0.231. The summed E-state index contributed by atoms with van der Waals surface area (Å²) in [6.07, 6.45) is 3.70. The van der Waals surface area contributed by atoms with Crippen molar-refractivity contribution < 1.29 is 10.2 Å². The molecule has 0 radical (unpaired) electrons. The summed E-state index contributed by atoms with van der Waals surface area (Å²) in [5.41, 5.74) is 6.28. The Morgan fingerprint density at radius 1 is 1.00 bits per heavy atom. The minimum atomic E-state index is -0.737. The lowest BCUT2D eigenvalue weighted by atomic mass is 10.0. The van der Waals surface area contributed by atoms with Gasteiger partial charge in [0.2, 0.25) is 0 Å². The van der Waals surface area contributed by atoms with Crippen molar-refractivity contribution in [3.05, 3.63) is 78.1 Å². The number of aliphatic hydroxyl groups excluding tert-OH is 1. The highest BCUT2D eigenvalue weighted by atomic mass is 16.3. The van der Waals surface area contributed by atoms with E-state index in [1.807, 2.05) is 67.0 Å². The topological polar surface area (TPSA) is 86.4 Å². The Morgan fingerprint density at radius 3 is 2.47 bits per heavy atom. The molecule has 0 amide bonds. The minimum absolute atomic E-state index is 0.0641. The van der Waals surface area contributed by atoms with Gasteiger partial charge in [0.1, 0.15) is 5.82 Å². The van der Waals surface area contributed by atoms with Gasteiger partial charge in [-0.3, -0.25) is 4.40 Å². The molecule has 6 nitrogen and oxygen atoms in total. The molecule has 3 N–H and O–H groups in total. The summed E-state index contributed by atoms with van der Waals surface area (Å²) in [6.45, 7) is 4.10. The number of benzene rings is 2. The third-order valence-corrected chi connectivity index (χ3v) is 7.25. The smallest absolute Gasteiger partial charge is 0.154 e. The van der Waals surface area contributed by atoms with Crippen molar-refractivity contribution in [2.45, 2.75) is 26.1 Å². The number of aromatic amines is 1. The highest BCUT2D eigenvalue weighted by Gasteiger charge is 2.59. The summed E-state index contributed by atoms with van der Waals surface area (Å²) in [5, 5.41) is 20.8. The maximum atomic E-state index is 10.9. The molecule has 2 atom stereocenters. The molecule has 3 aromatic heterocycles. The maximum absolute atomic E-state index is 10.9. The number of fused-ring (bicyclic) bond motifs is 3. The van der Waals surface area contributed by atoms with E-state index in [1.165, 1.54) is 0 Å². The number of H-pyrrole nitrogens is 1. The van der Waals surface area contributed by atoms with E-state index in [0.29, 0.717) is 0 Å². The molecule has 1 aliphatic carbocycles. The van der Waals surface area contributed by atoms with Crippen molar-refractivity contribution in [1.82, 2.24) is 19.4 Å². The van der Waals surface area contributed by atoms with Gasteiger partial charge in [0.05, 0.1) is 35.1 Å². The maximum Gasteiger partial charge on any atom is 0.154 e. The van der Waals surface area contributed by atoms with Crippen LogP contribution < -0.4 is 0 Å². The normalized spacial score (nSPS) is 22.6. The van der Waals surface area contributed by atoms with Crippen LogP contribution in [-0.2, 0) is 12.2 Å². The number of hydrogen-bond donors (Lipinski definition) is 3. The molecular formula is C26H24N4O2. The van der Waals surface area contributed by atoms with Crippen molar-refractivity contribution in [2.24, 2.45) is 11.8 Å². The first kappa shape index (κ1) is 19.2. The second kappa shape index (κ2) is 6.76. The molecule has 2 aromatic carbocycles. The monoisotopic (exact) mass is 424 g/mol. The lowest BCUT2D eigenvalue weighted by Crippen LogP contribution is -2.09. The largest absolute Gasteiger partial charge is 0.392 e. The van der Waals surface area contributed by atoms with Crippen LogP contribution in [0.5, 0.6) is 0 Å². The molecule has 0 bridgehead atoms. The van der Waals surface area contributed by atoms with Gasteiger partial charge in [0.25, 0.3) is 0 Å². The fourth-order valence-corrected chi connectivity index (χ4v) is 5.00. The lowest BCUT2D eigenvalue weighted by molar-refractivity contribution is 0.122. The Kier molecular flexibility index (Phi) is 4.06. The Morgan fingerprint density at radius 2 is 1.75 bits per heavy atom. The van der Waals surface area contributed by atoms with Crippen LogP contribution in [0.2, 0.25) is 0 Å². The molecular weight excluding hydrogens is 400 g/mol. The summed E-state index contributed by atoms with van der Waals surface area (Å²) in [7, 11) is 0. The van der Waals surface area contributed by atoms with Crippen LogP contribution in [0, 0.1) is 11.8 Å². The van der Waals surface area contributed by atoms with E-state index in [4.69, 9.17) is 4.98 Å².